The number of amides is 1. The number of fused-ring (bicyclic) bond motifs is 3. The smallest absolute Gasteiger partial charge is 0.337 e. The van der Waals surface area contributed by atoms with Gasteiger partial charge in [-0.25, -0.2) is 4.79 Å². The van der Waals surface area contributed by atoms with Gasteiger partial charge in [0.1, 0.15) is 11.5 Å². The summed E-state index contributed by atoms with van der Waals surface area (Å²) in [7, 11) is 1.26. The van der Waals surface area contributed by atoms with Gasteiger partial charge >= 0.3 is 5.97 Å². The molecule has 0 radical (unpaired) electrons. The molecule has 7 heteroatoms. The monoisotopic (exact) mass is 454 g/mol. The van der Waals surface area contributed by atoms with Crippen molar-refractivity contribution in [3.05, 3.63) is 95.6 Å². The molecule has 1 aliphatic rings. The third-order valence-corrected chi connectivity index (χ3v) is 5.86. The molecule has 0 saturated heterocycles. The zero-order chi connectivity index (χ0) is 23.7. The second-order valence-corrected chi connectivity index (χ2v) is 7.96. The van der Waals surface area contributed by atoms with E-state index in [1.54, 1.807) is 12.1 Å². The first-order chi connectivity index (χ1) is 16.5. The third-order valence-electron chi connectivity index (χ3n) is 5.86. The summed E-state index contributed by atoms with van der Waals surface area (Å²) in [6.45, 7) is 1.02. The van der Waals surface area contributed by atoms with Crippen LogP contribution in [0.25, 0.3) is 10.8 Å². The predicted molar refractivity (Wildman–Crippen MR) is 129 cm³/mol. The highest BCUT2D eigenvalue weighted by Crippen LogP contribution is 2.34. The van der Waals surface area contributed by atoms with Crippen LogP contribution in [-0.4, -0.2) is 30.8 Å². The van der Waals surface area contributed by atoms with Gasteiger partial charge in [0, 0.05) is 16.8 Å². The summed E-state index contributed by atoms with van der Waals surface area (Å²) in [6, 6.07) is 23.7. The summed E-state index contributed by atoms with van der Waals surface area (Å²) in [6.07, 6.45) is 0. The number of methoxy groups -OCH3 is 1. The molecule has 7 nitrogen and oxygen atoms in total. The Morgan fingerprint density at radius 2 is 1.82 bits per heavy atom. The Kier molecular flexibility index (Phi) is 5.51. The number of nitrogens with zero attached hydrogens (tertiary/aromatic N) is 1. The van der Waals surface area contributed by atoms with E-state index in [0.717, 1.165) is 27.8 Å². The maximum Gasteiger partial charge on any atom is 0.337 e. The molecule has 1 heterocycles. The Hall–Kier alpha value is -4.52. The van der Waals surface area contributed by atoms with Crippen LogP contribution in [0.4, 0.5) is 11.4 Å². The predicted octanol–water partition coefficient (Wildman–Crippen LogP) is 4.94. The van der Waals surface area contributed by atoms with Gasteiger partial charge in [-0.1, -0.05) is 36.4 Å². The Morgan fingerprint density at radius 3 is 2.65 bits per heavy atom. The van der Waals surface area contributed by atoms with Gasteiger partial charge in [-0.3, -0.25) is 4.79 Å². The van der Waals surface area contributed by atoms with E-state index in [0.29, 0.717) is 18.8 Å². The van der Waals surface area contributed by atoms with Crippen LogP contribution < -0.4 is 15.0 Å². The van der Waals surface area contributed by atoms with Crippen molar-refractivity contribution in [3.63, 3.8) is 0 Å². The zero-order valence-corrected chi connectivity index (χ0v) is 18.4. The lowest BCUT2D eigenvalue weighted by Crippen LogP contribution is -2.32. The minimum Gasteiger partial charge on any atom is -0.506 e. The van der Waals surface area contributed by atoms with Crippen LogP contribution in [0.15, 0.2) is 78.9 Å². The summed E-state index contributed by atoms with van der Waals surface area (Å²) >= 11 is 0. The summed E-state index contributed by atoms with van der Waals surface area (Å²) in [5.41, 5.74) is 2.77. The minimum atomic E-state index is -0.570. The Morgan fingerprint density at radius 1 is 0.971 bits per heavy atom. The molecular weight excluding hydrogens is 432 g/mol. The van der Waals surface area contributed by atoms with Crippen molar-refractivity contribution in [2.45, 2.75) is 6.54 Å². The Balaban J connectivity index is 1.37. The van der Waals surface area contributed by atoms with E-state index in [1.807, 2.05) is 30.3 Å². The SMILES string of the molecule is COC(=O)c1ccc(NC(=O)c2cccc(N3COc4ccc5ccccc5c4C3)c2)c(O)c1. The molecule has 0 aromatic heterocycles. The highest BCUT2D eigenvalue weighted by molar-refractivity contribution is 6.06. The Bertz CT molecular complexity index is 1420. The van der Waals surface area contributed by atoms with Crippen molar-refractivity contribution >= 4 is 34.0 Å². The largest absolute Gasteiger partial charge is 0.506 e. The van der Waals surface area contributed by atoms with Gasteiger partial charge in [0.25, 0.3) is 5.91 Å². The lowest BCUT2D eigenvalue weighted by molar-refractivity contribution is 0.0600. The van der Waals surface area contributed by atoms with Crippen molar-refractivity contribution in [2.24, 2.45) is 0 Å². The van der Waals surface area contributed by atoms with Gasteiger partial charge in [0.05, 0.1) is 24.9 Å². The molecule has 1 aliphatic heterocycles. The number of phenols is 1. The topological polar surface area (TPSA) is 88.1 Å². The number of hydrogen-bond donors (Lipinski definition) is 2. The highest BCUT2D eigenvalue weighted by Gasteiger charge is 2.21. The second-order valence-electron chi connectivity index (χ2n) is 7.96. The first kappa shape index (κ1) is 21.3. The lowest BCUT2D eigenvalue weighted by atomic mass is 10.0. The van der Waals surface area contributed by atoms with Crippen molar-refractivity contribution in [1.29, 1.82) is 0 Å². The van der Waals surface area contributed by atoms with Crippen LogP contribution in [0.2, 0.25) is 0 Å². The van der Waals surface area contributed by atoms with Crippen LogP contribution >= 0.6 is 0 Å². The molecular formula is C27H22N2O5. The molecule has 5 rings (SSSR count). The van der Waals surface area contributed by atoms with Crippen LogP contribution in [0.3, 0.4) is 0 Å². The number of phenolic OH excluding ortho intramolecular Hbond substituents is 1. The summed E-state index contributed by atoms with van der Waals surface area (Å²) in [5, 5.41) is 15.2. The fourth-order valence-corrected chi connectivity index (χ4v) is 4.08. The average Bonchev–Trinajstić information content (AvgIpc) is 2.89. The van der Waals surface area contributed by atoms with Gasteiger partial charge in [0.15, 0.2) is 6.73 Å². The van der Waals surface area contributed by atoms with Gasteiger partial charge in [-0.15, -0.1) is 0 Å². The normalized spacial score (nSPS) is 12.6. The minimum absolute atomic E-state index is 0.193. The van der Waals surface area contributed by atoms with Gasteiger partial charge in [0.2, 0.25) is 0 Å². The van der Waals surface area contributed by atoms with E-state index in [4.69, 9.17) is 4.74 Å². The number of carbonyl (C=O) groups excluding carboxylic acids is 2. The van der Waals surface area contributed by atoms with E-state index in [2.05, 4.69) is 33.2 Å². The number of hydrogen-bond acceptors (Lipinski definition) is 6. The molecule has 2 N–H and O–H groups in total. The van der Waals surface area contributed by atoms with Crippen LogP contribution in [0, 0.1) is 0 Å². The molecule has 170 valence electrons. The number of benzene rings is 4. The number of ether oxygens (including phenoxy) is 2. The molecule has 34 heavy (non-hydrogen) atoms. The first-order valence-electron chi connectivity index (χ1n) is 10.7. The number of esters is 1. The van der Waals surface area contributed by atoms with E-state index < -0.39 is 5.97 Å². The third kappa shape index (κ3) is 3.99. The maximum atomic E-state index is 12.9. The van der Waals surface area contributed by atoms with Crippen molar-refractivity contribution in [2.75, 3.05) is 24.1 Å². The zero-order valence-electron chi connectivity index (χ0n) is 18.4. The van der Waals surface area contributed by atoms with Crippen molar-refractivity contribution in [1.82, 2.24) is 0 Å². The highest BCUT2D eigenvalue weighted by atomic mass is 16.5. The van der Waals surface area contributed by atoms with E-state index in [9.17, 15) is 14.7 Å². The van der Waals surface area contributed by atoms with Crippen LogP contribution in [0.5, 0.6) is 11.5 Å². The molecule has 4 aromatic carbocycles. The second kappa shape index (κ2) is 8.78. The molecule has 0 aliphatic carbocycles. The molecule has 0 unspecified atom stereocenters. The van der Waals surface area contributed by atoms with Gasteiger partial charge < -0.3 is 24.8 Å². The van der Waals surface area contributed by atoms with Crippen molar-refractivity contribution in [3.8, 4) is 11.5 Å². The molecule has 4 aromatic rings. The lowest BCUT2D eigenvalue weighted by Gasteiger charge is -2.31. The molecule has 0 fully saturated rings. The maximum absolute atomic E-state index is 12.9. The number of rotatable bonds is 4. The molecule has 0 bridgehead atoms. The van der Waals surface area contributed by atoms with E-state index in [-0.39, 0.29) is 22.9 Å². The summed E-state index contributed by atoms with van der Waals surface area (Å²) < 4.78 is 10.7. The fourth-order valence-electron chi connectivity index (χ4n) is 4.08. The van der Waals surface area contributed by atoms with Crippen LogP contribution in [0.1, 0.15) is 26.3 Å². The van der Waals surface area contributed by atoms with Gasteiger partial charge in [-0.05, 0) is 53.2 Å². The van der Waals surface area contributed by atoms with Crippen molar-refractivity contribution < 1.29 is 24.2 Å². The number of aromatic hydroxyl groups is 1. The average molecular weight is 454 g/mol. The quantitative estimate of drug-likeness (QED) is 0.335. The standard InChI is InChI=1S/C27H22N2O5/c1-33-27(32)19-9-11-23(24(30)14-19)28-26(31)18-6-4-7-20(13-18)29-15-22-21-8-3-2-5-17(21)10-12-25(22)34-16-29/h2-14,30H,15-16H2,1H3,(H,28,31). The fraction of sp³-hybridized carbons (Fsp3) is 0.111. The van der Waals surface area contributed by atoms with E-state index in [1.165, 1.54) is 25.3 Å². The number of nitrogens with one attached hydrogen (secondary N) is 1. The summed E-state index contributed by atoms with van der Waals surface area (Å²) in [4.78, 5) is 26.6. The number of anilines is 2. The molecule has 0 atom stereocenters. The summed E-state index contributed by atoms with van der Waals surface area (Å²) in [5.74, 6) is -0.305. The van der Waals surface area contributed by atoms with Gasteiger partial charge in [-0.2, -0.15) is 0 Å². The number of carbonyl (C=O) groups is 2. The van der Waals surface area contributed by atoms with E-state index >= 15 is 0 Å². The Labute approximate surface area is 196 Å². The first-order valence-corrected chi connectivity index (χ1v) is 10.7. The molecule has 0 saturated carbocycles. The molecule has 1 amide bonds. The molecule has 0 spiro atoms. The van der Waals surface area contributed by atoms with Crippen LogP contribution in [-0.2, 0) is 11.3 Å².